The van der Waals surface area contributed by atoms with Gasteiger partial charge in [0.2, 0.25) is 0 Å². The Bertz CT molecular complexity index is 727. The first kappa shape index (κ1) is 19.3. The van der Waals surface area contributed by atoms with Gasteiger partial charge in [-0.15, -0.1) is 0 Å². The number of benzene rings is 1. The molecular weight excluding hydrogens is 362 g/mol. The van der Waals surface area contributed by atoms with Gasteiger partial charge in [0, 0.05) is 12.6 Å². The number of halogens is 2. The Morgan fingerprint density at radius 3 is 2.65 bits per heavy atom. The number of nitro benzene ring substituents is 1. The maximum absolute atomic E-state index is 12.6. The molecule has 1 aliphatic heterocycles. The summed E-state index contributed by atoms with van der Waals surface area (Å²) < 4.78 is 38.9. The molecule has 1 amide bonds. The van der Waals surface area contributed by atoms with E-state index in [0.29, 0.717) is 6.07 Å². The highest BCUT2D eigenvalue weighted by molar-refractivity contribution is 5.99. The van der Waals surface area contributed by atoms with Gasteiger partial charge in [-0.05, 0) is 0 Å². The van der Waals surface area contributed by atoms with E-state index < -0.39 is 46.5 Å². The number of amides is 1. The quantitative estimate of drug-likeness (QED) is 0.578. The summed E-state index contributed by atoms with van der Waals surface area (Å²) in [7, 11) is 1.11. The second-order valence-corrected chi connectivity index (χ2v) is 5.10. The monoisotopic (exact) mass is 376 g/mol. The van der Waals surface area contributed by atoms with Gasteiger partial charge in [-0.1, -0.05) is 0 Å². The highest BCUT2D eigenvalue weighted by atomic mass is 19.3. The predicted octanol–water partition coefficient (Wildman–Crippen LogP) is 1.13. The first-order valence-corrected chi connectivity index (χ1v) is 7.19. The van der Waals surface area contributed by atoms with Crippen molar-refractivity contribution in [2.75, 3.05) is 26.8 Å². The van der Waals surface area contributed by atoms with E-state index in [1.165, 1.54) is 0 Å². The lowest BCUT2D eigenvalue weighted by molar-refractivity contribution is -0.385. The number of methoxy groups -OCH3 is 1. The van der Waals surface area contributed by atoms with Crippen molar-refractivity contribution in [2.24, 2.45) is 0 Å². The highest BCUT2D eigenvalue weighted by Gasteiger charge is 2.33. The van der Waals surface area contributed by atoms with Crippen molar-refractivity contribution in [1.29, 1.82) is 0 Å². The Morgan fingerprint density at radius 2 is 2.12 bits per heavy atom. The van der Waals surface area contributed by atoms with Crippen LogP contribution < -0.4 is 9.47 Å². The lowest BCUT2D eigenvalue weighted by Crippen LogP contribution is -2.48. The molecule has 0 aromatic heterocycles. The average Bonchev–Trinajstić information content (AvgIpc) is 2.60. The first-order chi connectivity index (χ1) is 12.2. The largest absolute Gasteiger partial charge is 0.493 e. The van der Waals surface area contributed by atoms with Crippen LogP contribution in [0.4, 0.5) is 14.5 Å². The van der Waals surface area contributed by atoms with Crippen LogP contribution in [0.5, 0.6) is 11.5 Å². The zero-order valence-electron chi connectivity index (χ0n) is 13.4. The number of carbonyl (C=O) groups is 2. The molecule has 12 heteroatoms. The maximum atomic E-state index is 12.6. The number of nitro groups is 1. The Morgan fingerprint density at radius 1 is 1.42 bits per heavy atom. The van der Waals surface area contributed by atoms with E-state index >= 15 is 0 Å². The van der Waals surface area contributed by atoms with Crippen LogP contribution in [0, 0.1) is 10.1 Å². The minimum Gasteiger partial charge on any atom is -0.493 e. The van der Waals surface area contributed by atoms with Gasteiger partial charge in [0.25, 0.3) is 11.6 Å². The Balaban J connectivity index is 2.41. The standard InChI is InChI=1S/C14H14F2N2O8/c1-24-9-4-7(8(18(22)23)5-10(9)26-14(15)16)12(19)17-2-3-25-11(6-17)13(20)21/h4-5,11,14H,2-3,6H2,1H3,(H,20,21). The number of hydrogen-bond donors (Lipinski definition) is 1. The van der Waals surface area contributed by atoms with E-state index in [0.717, 1.165) is 18.1 Å². The summed E-state index contributed by atoms with van der Waals surface area (Å²) in [5, 5.41) is 20.2. The van der Waals surface area contributed by atoms with Crippen LogP contribution in [0.25, 0.3) is 0 Å². The molecule has 0 spiro atoms. The van der Waals surface area contributed by atoms with Crippen LogP contribution in [-0.4, -0.2) is 66.3 Å². The van der Waals surface area contributed by atoms with Crippen LogP contribution in [0.2, 0.25) is 0 Å². The van der Waals surface area contributed by atoms with Crippen LogP contribution in [-0.2, 0) is 9.53 Å². The van der Waals surface area contributed by atoms with Gasteiger partial charge < -0.3 is 24.2 Å². The van der Waals surface area contributed by atoms with Crippen molar-refractivity contribution in [3.05, 3.63) is 27.8 Å². The van der Waals surface area contributed by atoms with E-state index in [1.54, 1.807) is 0 Å². The zero-order chi connectivity index (χ0) is 19.4. The summed E-state index contributed by atoms with van der Waals surface area (Å²) in [5.41, 5.74) is -1.22. The van der Waals surface area contributed by atoms with Crippen molar-refractivity contribution in [1.82, 2.24) is 4.90 Å². The molecule has 10 nitrogen and oxygen atoms in total. The molecule has 1 aromatic carbocycles. The molecule has 0 bridgehead atoms. The molecule has 1 aromatic rings. The summed E-state index contributed by atoms with van der Waals surface area (Å²) in [6, 6.07) is 1.57. The summed E-state index contributed by atoms with van der Waals surface area (Å²) in [5.74, 6) is -3.04. The number of carboxylic acid groups (broad SMARTS) is 1. The molecule has 1 aliphatic rings. The van der Waals surface area contributed by atoms with Gasteiger partial charge in [-0.2, -0.15) is 8.78 Å². The third-order valence-electron chi connectivity index (χ3n) is 3.55. The van der Waals surface area contributed by atoms with Crippen molar-refractivity contribution < 1.29 is 42.6 Å². The summed E-state index contributed by atoms with van der Waals surface area (Å²) in [4.78, 5) is 35.0. The molecule has 2 rings (SSSR count). The molecule has 1 heterocycles. The first-order valence-electron chi connectivity index (χ1n) is 7.19. The fourth-order valence-electron chi connectivity index (χ4n) is 2.37. The number of carbonyl (C=O) groups excluding carboxylic acids is 1. The average molecular weight is 376 g/mol. The van der Waals surface area contributed by atoms with Crippen molar-refractivity contribution in [3.63, 3.8) is 0 Å². The normalized spacial score (nSPS) is 17.1. The topological polar surface area (TPSA) is 128 Å². The Kier molecular flexibility index (Phi) is 5.87. The molecule has 1 atom stereocenters. The molecular formula is C14H14F2N2O8. The minimum atomic E-state index is -3.25. The molecule has 0 aliphatic carbocycles. The van der Waals surface area contributed by atoms with Crippen molar-refractivity contribution in [3.8, 4) is 11.5 Å². The molecule has 0 radical (unpaired) electrons. The van der Waals surface area contributed by atoms with Gasteiger partial charge in [-0.3, -0.25) is 14.9 Å². The number of rotatable bonds is 6. The third-order valence-corrected chi connectivity index (χ3v) is 3.55. The molecule has 142 valence electrons. The van der Waals surface area contributed by atoms with Gasteiger partial charge in [0.15, 0.2) is 17.6 Å². The fraction of sp³-hybridized carbons (Fsp3) is 0.429. The predicted molar refractivity (Wildman–Crippen MR) is 79.6 cm³/mol. The highest BCUT2D eigenvalue weighted by Crippen LogP contribution is 2.36. The molecule has 26 heavy (non-hydrogen) atoms. The summed E-state index contributed by atoms with van der Waals surface area (Å²) in [6.07, 6.45) is -1.27. The molecule has 1 N–H and O–H groups in total. The number of carboxylic acids is 1. The fourth-order valence-corrected chi connectivity index (χ4v) is 2.37. The van der Waals surface area contributed by atoms with Crippen LogP contribution in [0.15, 0.2) is 12.1 Å². The van der Waals surface area contributed by atoms with Crippen molar-refractivity contribution >= 4 is 17.6 Å². The number of ether oxygens (including phenoxy) is 3. The van der Waals surface area contributed by atoms with Crippen LogP contribution in [0.3, 0.4) is 0 Å². The van der Waals surface area contributed by atoms with Crippen LogP contribution >= 0.6 is 0 Å². The van der Waals surface area contributed by atoms with Crippen LogP contribution in [0.1, 0.15) is 10.4 Å². The van der Waals surface area contributed by atoms with Crippen molar-refractivity contribution in [2.45, 2.75) is 12.7 Å². The van der Waals surface area contributed by atoms with Gasteiger partial charge in [0.05, 0.1) is 31.3 Å². The van der Waals surface area contributed by atoms with E-state index in [2.05, 4.69) is 4.74 Å². The number of nitrogens with zero attached hydrogens (tertiary/aromatic N) is 2. The lowest BCUT2D eigenvalue weighted by Gasteiger charge is -2.30. The lowest BCUT2D eigenvalue weighted by atomic mass is 10.1. The van der Waals surface area contributed by atoms with E-state index in [1.807, 2.05) is 0 Å². The van der Waals surface area contributed by atoms with E-state index in [9.17, 15) is 28.5 Å². The Hall–Kier alpha value is -3.02. The molecule has 1 fully saturated rings. The summed E-state index contributed by atoms with van der Waals surface area (Å²) in [6.45, 7) is -3.62. The molecule has 0 saturated carbocycles. The second kappa shape index (κ2) is 7.91. The number of hydrogen-bond acceptors (Lipinski definition) is 7. The number of morpholine rings is 1. The number of alkyl halides is 2. The molecule has 1 saturated heterocycles. The van der Waals surface area contributed by atoms with E-state index in [-0.39, 0.29) is 25.4 Å². The third kappa shape index (κ3) is 4.14. The smallest absolute Gasteiger partial charge is 0.387 e. The van der Waals surface area contributed by atoms with Gasteiger partial charge in [0.1, 0.15) is 5.56 Å². The maximum Gasteiger partial charge on any atom is 0.387 e. The van der Waals surface area contributed by atoms with Gasteiger partial charge >= 0.3 is 12.6 Å². The van der Waals surface area contributed by atoms with E-state index in [4.69, 9.17) is 14.6 Å². The number of aliphatic carboxylic acids is 1. The Labute approximate surface area is 145 Å². The minimum absolute atomic E-state index is 0.0113. The second-order valence-electron chi connectivity index (χ2n) is 5.10. The van der Waals surface area contributed by atoms with Gasteiger partial charge in [-0.25, -0.2) is 4.79 Å². The SMILES string of the molecule is COc1cc(C(=O)N2CCOC(C(=O)O)C2)c([N+](=O)[O-])cc1OC(F)F. The zero-order valence-corrected chi connectivity index (χ0v) is 13.4. The summed E-state index contributed by atoms with van der Waals surface area (Å²) >= 11 is 0. The molecule has 1 unspecified atom stereocenters.